The predicted octanol–water partition coefficient (Wildman–Crippen LogP) is -0.368. The lowest BCUT2D eigenvalue weighted by atomic mass is 10.2. The van der Waals surface area contributed by atoms with Crippen molar-refractivity contribution in [3.05, 3.63) is 0 Å². The van der Waals surface area contributed by atoms with E-state index in [1.54, 1.807) is 4.90 Å². The van der Waals surface area contributed by atoms with E-state index in [-0.39, 0.29) is 23.2 Å². The average molecular weight is 229 g/mol. The van der Waals surface area contributed by atoms with E-state index in [0.29, 0.717) is 5.75 Å². The summed E-state index contributed by atoms with van der Waals surface area (Å²) in [5.41, 5.74) is 0. The van der Waals surface area contributed by atoms with Crippen LogP contribution in [0.4, 0.5) is 4.79 Å². The van der Waals surface area contributed by atoms with Gasteiger partial charge in [0.1, 0.15) is 6.04 Å². The summed E-state index contributed by atoms with van der Waals surface area (Å²) in [7, 11) is 1.81. The Bertz CT molecular complexity index is 279. The van der Waals surface area contributed by atoms with E-state index in [2.05, 4.69) is 10.6 Å². The monoisotopic (exact) mass is 229 g/mol. The number of carbonyl (C=O) groups excluding carboxylic acids is 2. The molecule has 6 heteroatoms. The van der Waals surface area contributed by atoms with E-state index >= 15 is 0 Å². The molecule has 2 N–H and O–H groups in total. The number of nitrogens with one attached hydrogen (secondary N) is 2. The summed E-state index contributed by atoms with van der Waals surface area (Å²) in [5, 5.41) is 5.80. The summed E-state index contributed by atoms with van der Waals surface area (Å²) in [6, 6.07) is -0.0481. The van der Waals surface area contributed by atoms with Crippen molar-refractivity contribution in [3.63, 3.8) is 0 Å². The fourth-order valence-corrected chi connectivity index (χ4v) is 2.68. The van der Waals surface area contributed by atoms with Gasteiger partial charge in [-0.25, -0.2) is 0 Å². The van der Waals surface area contributed by atoms with Crippen molar-refractivity contribution >= 4 is 22.9 Å². The molecule has 2 amide bonds. The molecular formula is C9H15N3O2S. The van der Waals surface area contributed by atoms with Gasteiger partial charge in [-0.3, -0.25) is 9.59 Å². The topological polar surface area (TPSA) is 61.4 Å². The predicted molar refractivity (Wildman–Crippen MR) is 58.8 cm³/mol. The number of amides is 2. The van der Waals surface area contributed by atoms with Crippen LogP contribution in [-0.2, 0) is 4.79 Å². The van der Waals surface area contributed by atoms with E-state index in [0.717, 1.165) is 19.5 Å². The fourth-order valence-electron chi connectivity index (χ4n) is 1.91. The second-order valence-electron chi connectivity index (χ2n) is 3.89. The van der Waals surface area contributed by atoms with Gasteiger partial charge in [0.25, 0.3) is 5.24 Å². The minimum atomic E-state index is -0.326. The number of likely N-dealkylation sites (N-methyl/N-ethyl adjacent to an activating group) is 1. The summed E-state index contributed by atoms with van der Waals surface area (Å²) in [6.07, 6.45) is 0.996. The third-order valence-electron chi connectivity index (χ3n) is 2.90. The second-order valence-corrected chi connectivity index (χ2v) is 4.88. The van der Waals surface area contributed by atoms with E-state index in [4.69, 9.17) is 0 Å². The summed E-state index contributed by atoms with van der Waals surface area (Å²) in [5.74, 6) is 0.587. The summed E-state index contributed by atoms with van der Waals surface area (Å²) in [6.45, 7) is 1.82. The third kappa shape index (κ3) is 2.26. The Kier molecular flexibility index (Phi) is 3.16. The van der Waals surface area contributed by atoms with Crippen LogP contribution < -0.4 is 10.6 Å². The first-order valence-electron chi connectivity index (χ1n) is 5.09. The zero-order valence-corrected chi connectivity index (χ0v) is 9.47. The number of hydrogen-bond acceptors (Lipinski definition) is 4. The highest BCUT2D eigenvalue weighted by Crippen LogP contribution is 2.16. The Morgan fingerprint density at radius 1 is 1.60 bits per heavy atom. The van der Waals surface area contributed by atoms with Gasteiger partial charge in [-0.05, 0) is 13.0 Å². The molecule has 0 aromatic carbocycles. The maximum Gasteiger partial charge on any atom is 0.279 e. The molecule has 15 heavy (non-hydrogen) atoms. The van der Waals surface area contributed by atoms with Gasteiger partial charge in [-0.1, -0.05) is 11.8 Å². The maximum absolute atomic E-state index is 11.9. The van der Waals surface area contributed by atoms with Crippen LogP contribution in [0, 0.1) is 0 Å². The van der Waals surface area contributed by atoms with Gasteiger partial charge < -0.3 is 15.5 Å². The Morgan fingerprint density at radius 2 is 2.40 bits per heavy atom. The van der Waals surface area contributed by atoms with Gasteiger partial charge in [0.05, 0.1) is 0 Å². The lowest BCUT2D eigenvalue weighted by molar-refractivity contribution is -0.132. The molecule has 0 radical (unpaired) electrons. The summed E-state index contributed by atoms with van der Waals surface area (Å²) >= 11 is 1.18. The van der Waals surface area contributed by atoms with Gasteiger partial charge in [0.2, 0.25) is 5.91 Å². The van der Waals surface area contributed by atoms with Crippen molar-refractivity contribution in [2.75, 3.05) is 25.9 Å². The Labute approximate surface area is 93.0 Å². The molecule has 2 aliphatic heterocycles. The van der Waals surface area contributed by atoms with Crippen LogP contribution in [0.1, 0.15) is 6.42 Å². The maximum atomic E-state index is 11.9. The second kappa shape index (κ2) is 4.40. The number of carbonyl (C=O) groups is 2. The van der Waals surface area contributed by atoms with E-state index in [1.165, 1.54) is 11.8 Å². The zero-order valence-electron chi connectivity index (χ0n) is 8.66. The van der Waals surface area contributed by atoms with Crippen LogP contribution in [0.5, 0.6) is 0 Å². The molecule has 2 fully saturated rings. The van der Waals surface area contributed by atoms with Crippen LogP contribution in [0.15, 0.2) is 0 Å². The standard InChI is InChI=1S/C9H15N3O2S/c1-12(6-2-3-10-4-6)8(13)7-5-15-9(14)11-7/h6-7,10H,2-5H2,1H3,(H,11,14). The average Bonchev–Trinajstić information content (AvgIpc) is 2.85. The Morgan fingerprint density at radius 3 is 2.93 bits per heavy atom. The molecule has 0 spiro atoms. The minimum absolute atomic E-state index is 0.0297. The Balaban J connectivity index is 1.91. The first-order chi connectivity index (χ1) is 7.18. The van der Waals surface area contributed by atoms with Gasteiger partial charge in [0, 0.05) is 25.4 Å². The third-order valence-corrected chi connectivity index (χ3v) is 3.78. The van der Waals surface area contributed by atoms with Crippen molar-refractivity contribution in [3.8, 4) is 0 Å². The highest BCUT2D eigenvalue weighted by atomic mass is 32.2. The highest BCUT2D eigenvalue weighted by molar-refractivity contribution is 8.14. The molecule has 2 unspecified atom stereocenters. The lowest BCUT2D eigenvalue weighted by Crippen LogP contribution is -2.48. The quantitative estimate of drug-likeness (QED) is 0.678. The van der Waals surface area contributed by atoms with Gasteiger partial charge in [0.15, 0.2) is 0 Å². The zero-order chi connectivity index (χ0) is 10.8. The van der Waals surface area contributed by atoms with Crippen molar-refractivity contribution < 1.29 is 9.59 Å². The lowest BCUT2D eigenvalue weighted by Gasteiger charge is -2.26. The molecule has 2 heterocycles. The first kappa shape index (κ1) is 10.8. The molecule has 84 valence electrons. The van der Waals surface area contributed by atoms with Crippen molar-refractivity contribution in [1.82, 2.24) is 15.5 Å². The van der Waals surface area contributed by atoms with Crippen molar-refractivity contribution in [2.24, 2.45) is 0 Å². The van der Waals surface area contributed by atoms with Gasteiger partial charge >= 0.3 is 0 Å². The van der Waals surface area contributed by atoms with Crippen LogP contribution in [0.2, 0.25) is 0 Å². The molecule has 0 aromatic heterocycles. The number of rotatable bonds is 2. The number of nitrogens with zero attached hydrogens (tertiary/aromatic N) is 1. The molecule has 5 nitrogen and oxygen atoms in total. The molecule has 2 atom stereocenters. The highest BCUT2D eigenvalue weighted by Gasteiger charge is 2.33. The SMILES string of the molecule is CN(C(=O)C1CSC(=O)N1)C1CCNC1. The molecule has 0 aliphatic carbocycles. The normalized spacial score (nSPS) is 30.3. The van der Waals surface area contributed by atoms with Crippen LogP contribution in [0.25, 0.3) is 0 Å². The minimum Gasteiger partial charge on any atom is -0.340 e. The van der Waals surface area contributed by atoms with Gasteiger partial charge in [-0.15, -0.1) is 0 Å². The van der Waals surface area contributed by atoms with Crippen LogP contribution >= 0.6 is 11.8 Å². The fraction of sp³-hybridized carbons (Fsp3) is 0.778. The smallest absolute Gasteiger partial charge is 0.279 e. The molecule has 2 aliphatic rings. The summed E-state index contributed by atoms with van der Waals surface area (Å²) in [4.78, 5) is 24.7. The van der Waals surface area contributed by atoms with Crippen LogP contribution in [-0.4, -0.2) is 54.0 Å². The molecular weight excluding hydrogens is 214 g/mol. The Hall–Kier alpha value is -0.750. The molecule has 2 saturated heterocycles. The van der Waals surface area contributed by atoms with E-state index in [1.807, 2.05) is 7.05 Å². The molecule has 0 aromatic rings. The van der Waals surface area contributed by atoms with E-state index < -0.39 is 0 Å². The largest absolute Gasteiger partial charge is 0.340 e. The number of thioether (sulfide) groups is 1. The van der Waals surface area contributed by atoms with Crippen molar-refractivity contribution in [2.45, 2.75) is 18.5 Å². The van der Waals surface area contributed by atoms with Crippen molar-refractivity contribution in [1.29, 1.82) is 0 Å². The number of hydrogen-bond donors (Lipinski definition) is 2. The first-order valence-corrected chi connectivity index (χ1v) is 6.07. The van der Waals surface area contributed by atoms with Crippen LogP contribution in [0.3, 0.4) is 0 Å². The van der Waals surface area contributed by atoms with E-state index in [9.17, 15) is 9.59 Å². The molecule has 2 rings (SSSR count). The molecule has 0 bridgehead atoms. The van der Waals surface area contributed by atoms with Gasteiger partial charge in [-0.2, -0.15) is 0 Å². The molecule has 0 saturated carbocycles. The summed E-state index contributed by atoms with van der Waals surface area (Å²) < 4.78 is 0.